The van der Waals surface area contributed by atoms with Gasteiger partial charge in [-0.2, -0.15) is 0 Å². The Hall–Kier alpha value is -3.86. The molecule has 1 amide bonds. The Bertz CT molecular complexity index is 1350. The maximum absolute atomic E-state index is 13.1. The molecule has 0 aliphatic carbocycles. The SMILES string of the molecule is Cn1c(CNC(=O)c2cn(Cc3ccccc3)c3ccccc23)nc2ccccc21. The van der Waals surface area contributed by atoms with E-state index in [0.29, 0.717) is 12.1 Å². The second-order valence-corrected chi connectivity index (χ2v) is 7.43. The summed E-state index contributed by atoms with van der Waals surface area (Å²) >= 11 is 0. The van der Waals surface area contributed by atoms with E-state index in [4.69, 9.17) is 0 Å². The molecule has 0 bridgehead atoms. The van der Waals surface area contributed by atoms with Gasteiger partial charge in [0.25, 0.3) is 5.91 Å². The van der Waals surface area contributed by atoms with Crippen LogP contribution >= 0.6 is 0 Å². The van der Waals surface area contributed by atoms with E-state index >= 15 is 0 Å². The van der Waals surface area contributed by atoms with E-state index in [1.54, 1.807) is 0 Å². The standard InChI is InChI=1S/C25H22N4O/c1-28-23-14-8-6-12-21(23)27-24(28)15-26-25(30)20-17-29(16-18-9-3-2-4-10-18)22-13-7-5-11-19(20)22/h2-14,17H,15-16H2,1H3,(H,26,30). The van der Waals surface area contributed by atoms with E-state index in [9.17, 15) is 4.79 Å². The molecule has 0 aliphatic rings. The molecule has 30 heavy (non-hydrogen) atoms. The molecule has 0 fully saturated rings. The monoisotopic (exact) mass is 394 g/mol. The number of nitrogens with one attached hydrogen (secondary N) is 1. The second-order valence-electron chi connectivity index (χ2n) is 7.43. The number of benzene rings is 3. The van der Waals surface area contributed by atoms with E-state index in [2.05, 4.69) is 33.1 Å². The summed E-state index contributed by atoms with van der Waals surface area (Å²) in [6.07, 6.45) is 1.95. The fraction of sp³-hybridized carbons (Fsp3) is 0.120. The van der Waals surface area contributed by atoms with E-state index in [0.717, 1.165) is 34.3 Å². The molecule has 5 nitrogen and oxygen atoms in total. The van der Waals surface area contributed by atoms with Crippen LogP contribution < -0.4 is 5.32 Å². The predicted molar refractivity (Wildman–Crippen MR) is 119 cm³/mol. The molecule has 0 atom stereocenters. The van der Waals surface area contributed by atoms with Crippen LogP contribution in [0.15, 0.2) is 85.1 Å². The molecule has 2 aromatic heterocycles. The third-order valence-corrected chi connectivity index (χ3v) is 5.52. The first kappa shape index (κ1) is 18.2. The van der Waals surface area contributed by atoms with Gasteiger partial charge in [-0.3, -0.25) is 4.79 Å². The summed E-state index contributed by atoms with van der Waals surface area (Å²) in [5, 5.41) is 4.01. The highest BCUT2D eigenvalue weighted by atomic mass is 16.1. The van der Waals surface area contributed by atoms with Crippen LogP contribution in [0.25, 0.3) is 21.9 Å². The van der Waals surface area contributed by atoms with Crippen molar-refractivity contribution in [3.63, 3.8) is 0 Å². The Morgan fingerprint density at radius 3 is 2.40 bits per heavy atom. The number of aryl methyl sites for hydroxylation is 1. The average Bonchev–Trinajstić information content (AvgIpc) is 3.31. The molecule has 0 saturated heterocycles. The summed E-state index contributed by atoms with van der Waals surface area (Å²) < 4.78 is 4.16. The van der Waals surface area contributed by atoms with Gasteiger partial charge in [0.15, 0.2) is 0 Å². The summed E-state index contributed by atoms with van der Waals surface area (Å²) in [5.74, 6) is 0.739. The van der Waals surface area contributed by atoms with Crippen molar-refractivity contribution >= 4 is 27.8 Å². The van der Waals surface area contributed by atoms with Gasteiger partial charge < -0.3 is 14.5 Å². The summed E-state index contributed by atoms with van der Waals surface area (Å²) in [4.78, 5) is 17.7. The third kappa shape index (κ3) is 3.24. The van der Waals surface area contributed by atoms with Crippen LogP contribution in [0.2, 0.25) is 0 Å². The summed E-state index contributed by atoms with van der Waals surface area (Å²) in [5.41, 5.74) is 4.92. The summed E-state index contributed by atoms with van der Waals surface area (Å²) in [7, 11) is 1.97. The highest BCUT2D eigenvalue weighted by molar-refractivity contribution is 6.07. The van der Waals surface area contributed by atoms with E-state index in [1.807, 2.05) is 78.5 Å². The lowest BCUT2D eigenvalue weighted by atomic mass is 10.1. The Morgan fingerprint density at radius 1 is 0.900 bits per heavy atom. The lowest BCUT2D eigenvalue weighted by Crippen LogP contribution is -2.24. The fourth-order valence-electron chi connectivity index (χ4n) is 3.95. The lowest BCUT2D eigenvalue weighted by Gasteiger charge is -2.05. The zero-order valence-corrected chi connectivity index (χ0v) is 16.7. The molecule has 148 valence electrons. The minimum Gasteiger partial charge on any atom is -0.345 e. The molecule has 0 spiro atoms. The molecule has 0 radical (unpaired) electrons. The molecule has 1 N–H and O–H groups in total. The molecule has 0 saturated carbocycles. The van der Waals surface area contributed by atoms with Crippen molar-refractivity contribution in [1.82, 2.24) is 19.4 Å². The minimum absolute atomic E-state index is 0.0925. The van der Waals surface area contributed by atoms with Crippen LogP contribution in [-0.4, -0.2) is 20.0 Å². The van der Waals surface area contributed by atoms with Gasteiger partial charge in [0.1, 0.15) is 5.82 Å². The normalized spacial score (nSPS) is 11.2. The Morgan fingerprint density at radius 2 is 1.60 bits per heavy atom. The second kappa shape index (κ2) is 7.52. The number of amides is 1. The zero-order valence-electron chi connectivity index (χ0n) is 16.7. The van der Waals surface area contributed by atoms with Crippen LogP contribution in [0, 0.1) is 0 Å². The summed E-state index contributed by atoms with van der Waals surface area (Å²) in [6, 6.07) is 26.3. The third-order valence-electron chi connectivity index (χ3n) is 5.52. The molecular formula is C25H22N4O. The van der Waals surface area contributed by atoms with Crippen molar-refractivity contribution in [2.75, 3.05) is 0 Å². The van der Waals surface area contributed by atoms with Gasteiger partial charge in [0.2, 0.25) is 0 Å². The van der Waals surface area contributed by atoms with Crippen LogP contribution in [-0.2, 0) is 20.1 Å². The van der Waals surface area contributed by atoms with E-state index in [-0.39, 0.29) is 5.91 Å². The maximum Gasteiger partial charge on any atom is 0.253 e. The zero-order chi connectivity index (χ0) is 20.5. The number of hydrogen-bond acceptors (Lipinski definition) is 2. The largest absolute Gasteiger partial charge is 0.345 e. The fourth-order valence-corrected chi connectivity index (χ4v) is 3.95. The first-order chi connectivity index (χ1) is 14.7. The average molecular weight is 394 g/mol. The van der Waals surface area contributed by atoms with Gasteiger partial charge in [0.05, 0.1) is 23.1 Å². The van der Waals surface area contributed by atoms with Gasteiger partial charge in [-0.15, -0.1) is 0 Å². The number of carbonyl (C=O) groups excluding carboxylic acids is 1. The number of fused-ring (bicyclic) bond motifs is 2. The maximum atomic E-state index is 13.1. The first-order valence-electron chi connectivity index (χ1n) is 10.0. The quantitative estimate of drug-likeness (QED) is 0.477. The van der Waals surface area contributed by atoms with Crippen molar-refractivity contribution in [2.45, 2.75) is 13.1 Å². The van der Waals surface area contributed by atoms with Crippen LogP contribution in [0.3, 0.4) is 0 Å². The van der Waals surface area contributed by atoms with Crippen molar-refractivity contribution in [3.05, 3.63) is 102 Å². The molecular weight excluding hydrogens is 372 g/mol. The number of nitrogens with zero attached hydrogens (tertiary/aromatic N) is 3. The van der Waals surface area contributed by atoms with Crippen molar-refractivity contribution in [3.8, 4) is 0 Å². The van der Waals surface area contributed by atoms with Crippen LogP contribution in [0.1, 0.15) is 21.7 Å². The molecule has 2 heterocycles. The molecule has 5 aromatic rings. The van der Waals surface area contributed by atoms with Crippen LogP contribution in [0.4, 0.5) is 0 Å². The first-order valence-corrected chi connectivity index (χ1v) is 10.0. The van der Waals surface area contributed by atoms with Crippen molar-refractivity contribution in [1.29, 1.82) is 0 Å². The van der Waals surface area contributed by atoms with Gasteiger partial charge in [-0.1, -0.05) is 60.7 Å². The number of hydrogen-bond donors (Lipinski definition) is 1. The highest BCUT2D eigenvalue weighted by Crippen LogP contribution is 2.23. The van der Waals surface area contributed by atoms with E-state index < -0.39 is 0 Å². The number of imidazole rings is 1. The summed E-state index contributed by atoms with van der Waals surface area (Å²) in [6.45, 7) is 1.10. The topological polar surface area (TPSA) is 51.9 Å². The number of rotatable bonds is 5. The molecule has 5 heteroatoms. The van der Waals surface area contributed by atoms with Gasteiger partial charge >= 0.3 is 0 Å². The van der Waals surface area contributed by atoms with E-state index in [1.165, 1.54) is 5.56 Å². The van der Waals surface area contributed by atoms with Gasteiger partial charge in [-0.25, -0.2) is 4.98 Å². The van der Waals surface area contributed by atoms with Crippen molar-refractivity contribution in [2.24, 2.45) is 7.05 Å². The smallest absolute Gasteiger partial charge is 0.253 e. The molecule has 0 unspecified atom stereocenters. The minimum atomic E-state index is -0.0925. The Kier molecular flexibility index (Phi) is 4.56. The van der Waals surface area contributed by atoms with Gasteiger partial charge in [-0.05, 0) is 23.8 Å². The van der Waals surface area contributed by atoms with Crippen molar-refractivity contribution < 1.29 is 4.79 Å². The van der Waals surface area contributed by atoms with Gasteiger partial charge in [0, 0.05) is 30.7 Å². The number of para-hydroxylation sites is 3. The number of aromatic nitrogens is 3. The molecule has 3 aromatic carbocycles. The molecule has 5 rings (SSSR count). The van der Waals surface area contributed by atoms with Crippen LogP contribution in [0.5, 0.6) is 0 Å². The highest BCUT2D eigenvalue weighted by Gasteiger charge is 2.16. The predicted octanol–water partition coefficient (Wildman–Crippen LogP) is 4.51. The molecule has 0 aliphatic heterocycles. The number of carbonyl (C=O) groups is 1. The Balaban J connectivity index is 1.42. The Labute approximate surface area is 174 Å². The lowest BCUT2D eigenvalue weighted by molar-refractivity contribution is 0.0951.